The number of aryl methyl sites for hydroxylation is 1. The summed E-state index contributed by atoms with van der Waals surface area (Å²) in [6.45, 7) is 1.96. The third-order valence-electron chi connectivity index (χ3n) is 5.52. The maximum absolute atomic E-state index is 12.5. The Morgan fingerprint density at radius 2 is 1.79 bits per heavy atom. The molecule has 1 saturated carbocycles. The van der Waals surface area contributed by atoms with Gasteiger partial charge in [0.2, 0.25) is 11.9 Å². The van der Waals surface area contributed by atoms with Crippen molar-refractivity contribution >= 4 is 29.2 Å². The monoisotopic (exact) mass is 390 g/mol. The van der Waals surface area contributed by atoms with Crippen LogP contribution >= 0.6 is 0 Å². The zero-order valence-corrected chi connectivity index (χ0v) is 16.6. The summed E-state index contributed by atoms with van der Waals surface area (Å²) in [5, 5.41) is 2.94. The number of rotatable bonds is 3. The van der Waals surface area contributed by atoms with Crippen LogP contribution in [0, 0.1) is 6.92 Å². The molecular weight excluding hydrogens is 364 g/mol. The van der Waals surface area contributed by atoms with Gasteiger partial charge >= 0.3 is 0 Å². The molecule has 0 unspecified atom stereocenters. The fourth-order valence-electron chi connectivity index (χ4n) is 4.18. The van der Waals surface area contributed by atoms with Crippen LogP contribution in [0.15, 0.2) is 58.5 Å². The maximum Gasteiger partial charge on any atom is 0.255 e. The van der Waals surface area contributed by atoms with E-state index in [9.17, 15) is 4.79 Å². The minimum atomic E-state index is -0.472. The predicted molar refractivity (Wildman–Crippen MR) is 117 cm³/mol. The summed E-state index contributed by atoms with van der Waals surface area (Å²) in [5.74, 6) is 0.459. The van der Waals surface area contributed by atoms with Gasteiger partial charge in [-0.05, 0) is 69.0 Å². The first-order valence-electron chi connectivity index (χ1n) is 9.95. The molecule has 0 bridgehead atoms. The molecule has 7 heteroatoms. The highest BCUT2D eigenvalue weighted by Gasteiger charge is 2.42. The van der Waals surface area contributed by atoms with E-state index in [0.29, 0.717) is 17.2 Å². The van der Waals surface area contributed by atoms with Crippen molar-refractivity contribution in [2.24, 2.45) is 21.5 Å². The van der Waals surface area contributed by atoms with E-state index in [1.165, 1.54) is 6.42 Å². The minimum absolute atomic E-state index is 0.137. The lowest BCUT2D eigenvalue weighted by atomic mass is 9.87. The molecule has 1 fully saturated rings. The van der Waals surface area contributed by atoms with E-state index in [2.05, 4.69) is 15.3 Å². The van der Waals surface area contributed by atoms with Gasteiger partial charge in [0.05, 0.1) is 0 Å². The van der Waals surface area contributed by atoms with Crippen molar-refractivity contribution < 1.29 is 4.79 Å². The van der Waals surface area contributed by atoms with Crippen LogP contribution < -0.4 is 21.7 Å². The van der Waals surface area contributed by atoms with Crippen LogP contribution in [0.2, 0.25) is 0 Å². The Balaban J connectivity index is 1.56. The average Bonchev–Trinajstić information content (AvgIpc) is 2.69. The Bertz CT molecular complexity index is 973. The van der Waals surface area contributed by atoms with E-state index in [4.69, 9.17) is 11.5 Å². The summed E-state index contributed by atoms with van der Waals surface area (Å²) in [7, 11) is 0. The minimum Gasteiger partial charge on any atom is -0.369 e. The van der Waals surface area contributed by atoms with Crippen LogP contribution in [0.25, 0.3) is 0 Å². The number of benzene rings is 2. The van der Waals surface area contributed by atoms with E-state index in [1.807, 2.05) is 54.3 Å². The van der Waals surface area contributed by atoms with Gasteiger partial charge in [0.15, 0.2) is 0 Å². The molecule has 0 radical (unpaired) electrons. The number of amides is 1. The van der Waals surface area contributed by atoms with Crippen molar-refractivity contribution in [2.75, 3.05) is 10.2 Å². The number of carbonyl (C=O) groups excluding carboxylic acids is 1. The largest absolute Gasteiger partial charge is 0.369 e. The molecule has 1 spiro atoms. The fraction of sp³-hybridized carbons (Fsp3) is 0.318. The molecule has 29 heavy (non-hydrogen) atoms. The molecule has 150 valence electrons. The van der Waals surface area contributed by atoms with Crippen molar-refractivity contribution in [3.63, 3.8) is 0 Å². The van der Waals surface area contributed by atoms with Crippen LogP contribution in [0.5, 0.6) is 0 Å². The number of nitrogens with one attached hydrogen (secondary N) is 1. The molecule has 2 aromatic carbocycles. The normalized spacial score (nSPS) is 18.2. The highest BCUT2D eigenvalue weighted by molar-refractivity contribution is 6.06. The summed E-state index contributed by atoms with van der Waals surface area (Å²) < 4.78 is 0. The summed E-state index contributed by atoms with van der Waals surface area (Å²) in [6, 6.07) is 15.1. The van der Waals surface area contributed by atoms with Gasteiger partial charge in [-0.2, -0.15) is 4.99 Å². The van der Waals surface area contributed by atoms with Gasteiger partial charge in [-0.15, -0.1) is 0 Å². The van der Waals surface area contributed by atoms with Gasteiger partial charge in [0.1, 0.15) is 5.66 Å². The predicted octanol–water partition coefficient (Wildman–Crippen LogP) is 3.36. The van der Waals surface area contributed by atoms with Crippen LogP contribution in [0.1, 0.15) is 48.0 Å². The van der Waals surface area contributed by atoms with Crippen molar-refractivity contribution in [1.29, 1.82) is 0 Å². The van der Waals surface area contributed by atoms with Crippen LogP contribution in [-0.4, -0.2) is 23.5 Å². The molecular formula is C22H26N6O. The second-order valence-electron chi connectivity index (χ2n) is 7.69. The Kier molecular flexibility index (Phi) is 4.96. The number of guanidine groups is 2. The molecule has 0 atom stereocenters. The highest BCUT2D eigenvalue weighted by atomic mass is 16.1. The molecule has 4 rings (SSSR count). The van der Waals surface area contributed by atoms with E-state index >= 15 is 0 Å². The summed E-state index contributed by atoms with van der Waals surface area (Å²) in [6.07, 6.45) is 5.11. The van der Waals surface area contributed by atoms with Crippen molar-refractivity contribution in [3.8, 4) is 0 Å². The fourth-order valence-corrected chi connectivity index (χ4v) is 4.18. The quantitative estimate of drug-likeness (QED) is 0.746. The molecule has 2 aliphatic rings. The van der Waals surface area contributed by atoms with Crippen molar-refractivity contribution in [3.05, 3.63) is 59.7 Å². The smallest absolute Gasteiger partial charge is 0.255 e. The first-order valence-corrected chi connectivity index (χ1v) is 9.95. The zero-order chi connectivity index (χ0) is 20.4. The number of carbonyl (C=O) groups is 1. The van der Waals surface area contributed by atoms with E-state index in [-0.39, 0.29) is 11.9 Å². The molecule has 1 amide bonds. The van der Waals surface area contributed by atoms with E-state index in [1.54, 1.807) is 6.07 Å². The lowest BCUT2D eigenvalue weighted by Gasteiger charge is -2.45. The number of anilines is 2. The SMILES string of the molecule is Cc1cccc(C(=O)Nc2ccc(N3C(N)=NC(N)=NC34CCCCC4)cc2)c1. The van der Waals surface area contributed by atoms with Gasteiger partial charge in [-0.1, -0.05) is 24.1 Å². The van der Waals surface area contributed by atoms with Gasteiger partial charge in [-0.3, -0.25) is 9.69 Å². The van der Waals surface area contributed by atoms with Gasteiger partial charge in [0, 0.05) is 16.9 Å². The van der Waals surface area contributed by atoms with Gasteiger partial charge in [0.25, 0.3) is 5.91 Å². The summed E-state index contributed by atoms with van der Waals surface area (Å²) >= 11 is 0. The molecule has 5 N–H and O–H groups in total. The summed E-state index contributed by atoms with van der Waals surface area (Å²) in [5.41, 5.74) is 15.0. The zero-order valence-electron chi connectivity index (χ0n) is 16.6. The average molecular weight is 390 g/mol. The first kappa shape index (κ1) is 19.0. The van der Waals surface area contributed by atoms with Gasteiger partial charge in [-0.25, -0.2) is 4.99 Å². The van der Waals surface area contributed by atoms with Gasteiger partial charge < -0.3 is 16.8 Å². The van der Waals surface area contributed by atoms with Crippen LogP contribution in [0.4, 0.5) is 11.4 Å². The summed E-state index contributed by atoms with van der Waals surface area (Å²) in [4.78, 5) is 23.3. The third kappa shape index (κ3) is 3.81. The van der Waals surface area contributed by atoms with Crippen LogP contribution in [-0.2, 0) is 0 Å². The molecule has 0 saturated heterocycles. The van der Waals surface area contributed by atoms with Crippen LogP contribution in [0.3, 0.4) is 0 Å². The molecule has 7 nitrogen and oxygen atoms in total. The second-order valence-corrected chi connectivity index (χ2v) is 7.69. The topological polar surface area (TPSA) is 109 Å². The standard InChI is InChI=1S/C22H26N6O/c1-15-6-5-7-16(14-15)19(29)25-17-8-10-18(11-9-17)28-21(24)26-20(23)27-22(28)12-3-2-4-13-22/h5-11,14H,2-4,12-13H2,1H3,(H,25,29)(H4,23,24,26,27). The molecule has 0 aromatic heterocycles. The first-order chi connectivity index (χ1) is 14.0. The number of hydrogen-bond donors (Lipinski definition) is 3. The Morgan fingerprint density at radius 1 is 1.07 bits per heavy atom. The number of nitrogens with two attached hydrogens (primary N) is 2. The highest BCUT2D eigenvalue weighted by Crippen LogP contribution is 2.39. The lowest BCUT2D eigenvalue weighted by Crippen LogP contribution is -2.58. The Morgan fingerprint density at radius 3 is 2.48 bits per heavy atom. The number of hydrogen-bond acceptors (Lipinski definition) is 6. The van der Waals surface area contributed by atoms with Crippen molar-refractivity contribution in [1.82, 2.24) is 0 Å². The Hall–Kier alpha value is -3.35. The maximum atomic E-state index is 12.5. The molecule has 1 aliphatic heterocycles. The van der Waals surface area contributed by atoms with E-state index in [0.717, 1.165) is 36.9 Å². The molecule has 1 heterocycles. The number of nitrogens with zero attached hydrogens (tertiary/aromatic N) is 3. The third-order valence-corrected chi connectivity index (χ3v) is 5.52. The van der Waals surface area contributed by atoms with Crippen molar-refractivity contribution in [2.45, 2.75) is 44.7 Å². The second kappa shape index (κ2) is 7.58. The van der Waals surface area contributed by atoms with E-state index < -0.39 is 5.66 Å². The molecule has 2 aromatic rings. The molecule has 1 aliphatic carbocycles. The lowest BCUT2D eigenvalue weighted by molar-refractivity contribution is 0.102. The Labute approximate surface area is 170 Å². The number of aliphatic imine (C=N–C) groups is 2.